The minimum absolute atomic E-state index is 0.108. The molecule has 0 radical (unpaired) electrons. The highest BCUT2D eigenvalue weighted by molar-refractivity contribution is 9.10. The highest BCUT2D eigenvalue weighted by Gasteiger charge is 2.16. The van der Waals surface area contributed by atoms with Crippen LogP contribution in [0.3, 0.4) is 0 Å². The average molecular weight is 349 g/mol. The first kappa shape index (κ1) is 14.0. The van der Waals surface area contributed by atoms with E-state index in [1.54, 1.807) is 17.4 Å². The van der Waals surface area contributed by atoms with Crippen molar-refractivity contribution in [3.8, 4) is 0 Å². The highest BCUT2D eigenvalue weighted by Crippen LogP contribution is 2.31. The van der Waals surface area contributed by atoms with Gasteiger partial charge < -0.3 is 5.32 Å². The van der Waals surface area contributed by atoms with Crippen LogP contribution in [-0.2, 0) is 6.42 Å². The lowest BCUT2D eigenvalue weighted by Crippen LogP contribution is -2.19. The Balaban J connectivity index is 2.26. The second-order valence-corrected chi connectivity index (χ2v) is 6.17. The molecular weight excluding hydrogens is 337 g/mol. The van der Waals surface area contributed by atoms with E-state index in [1.807, 2.05) is 18.5 Å². The molecule has 1 atom stereocenters. The second-order valence-electron chi connectivity index (χ2n) is 3.90. The average Bonchev–Trinajstić information content (AvgIpc) is 2.73. The van der Waals surface area contributed by atoms with Crippen LogP contribution in [-0.4, -0.2) is 7.05 Å². The zero-order valence-electron chi connectivity index (χ0n) is 9.71. The van der Waals surface area contributed by atoms with Gasteiger partial charge in [-0.25, -0.2) is 4.39 Å². The SMILES string of the molecule is CNC(Cc1sccc1Cl)c1ccc(F)cc1Br. The molecule has 0 amide bonds. The lowest BCUT2D eigenvalue weighted by Gasteiger charge is -2.17. The Labute approximate surface area is 123 Å². The van der Waals surface area contributed by atoms with Gasteiger partial charge in [0, 0.05) is 21.8 Å². The Kier molecular flexibility index (Phi) is 4.78. The van der Waals surface area contributed by atoms with Crippen LogP contribution in [0, 0.1) is 5.82 Å². The van der Waals surface area contributed by atoms with Crippen molar-refractivity contribution in [3.63, 3.8) is 0 Å². The zero-order valence-corrected chi connectivity index (χ0v) is 12.9. The summed E-state index contributed by atoms with van der Waals surface area (Å²) in [5.74, 6) is -0.241. The van der Waals surface area contributed by atoms with Crippen LogP contribution in [0.1, 0.15) is 16.5 Å². The molecule has 0 spiro atoms. The summed E-state index contributed by atoms with van der Waals surface area (Å²) in [7, 11) is 1.89. The van der Waals surface area contributed by atoms with Gasteiger partial charge in [-0.05, 0) is 36.2 Å². The van der Waals surface area contributed by atoms with Crippen molar-refractivity contribution in [3.05, 3.63) is 55.4 Å². The van der Waals surface area contributed by atoms with E-state index in [9.17, 15) is 4.39 Å². The number of rotatable bonds is 4. The minimum Gasteiger partial charge on any atom is -0.313 e. The number of hydrogen-bond acceptors (Lipinski definition) is 2. The van der Waals surface area contributed by atoms with Crippen LogP contribution in [0.2, 0.25) is 5.02 Å². The summed E-state index contributed by atoms with van der Waals surface area (Å²) in [4.78, 5) is 1.13. The van der Waals surface area contributed by atoms with Gasteiger partial charge in [-0.2, -0.15) is 0 Å². The smallest absolute Gasteiger partial charge is 0.124 e. The molecule has 0 bridgehead atoms. The van der Waals surface area contributed by atoms with Gasteiger partial charge in [0.1, 0.15) is 5.82 Å². The quantitative estimate of drug-likeness (QED) is 0.836. The summed E-state index contributed by atoms with van der Waals surface area (Å²) in [5.41, 5.74) is 1.03. The molecule has 1 aromatic heterocycles. The van der Waals surface area contributed by atoms with Crippen LogP contribution in [0.5, 0.6) is 0 Å². The third-order valence-corrected chi connectivity index (χ3v) is 4.86. The van der Waals surface area contributed by atoms with E-state index in [2.05, 4.69) is 21.2 Å². The van der Waals surface area contributed by atoms with Crippen LogP contribution in [0.4, 0.5) is 4.39 Å². The fourth-order valence-electron chi connectivity index (χ4n) is 1.81. The van der Waals surface area contributed by atoms with Gasteiger partial charge in [0.15, 0.2) is 0 Å². The summed E-state index contributed by atoms with van der Waals surface area (Å²) in [6.07, 6.45) is 0.789. The molecule has 0 aliphatic rings. The van der Waals surface area contributed by atoms with Gasteiger partial charge in [0.2, 0.25) is 0 Å². The number of thiophene rings is 1. The summed E-state index contributed by atoms with van der Waals surface area (Å²) in [6.45, 7) is 0. The molecule has 2 rings (SSSR count). The van der Waals surface area contributed by atoms with E-state index in [-0.39, 0.29) is 11.9 Å². The summed E-state index contributed by atoms with van der Waals surface area (Å²) in [6, 6.07) is 6.75. The fourth-order valence-corrected chi connectivity index (χ4v) is 3.60. The second kappa shape index (κ2) is 6.15. The molecule has 18 heavy (non-hydrogen) atoms. The van der Waals surface area contributed by atoms with Crippen molar-refractivity contribution in [2.45, 2.75) is 12.5 Å². The van der Waals surface area contributed by atoms with Crippen LogP contribution in [0.25, 0.3) is 0 Å². The molecule has 1 heterocycles. The molecule has 5 heteroatoms. The van der Waals surface area contributed by atoms with Gasteiger partial charge in [-0.3, -0.25) is 0 Å². The summed E-state index contributed by atoms with van der Waals surface area (Å²) in [5, 5.41) is 6.01. The first-order chi connectivity index (χ1) is 8.61. The van der Waals surface area contributed by atoms with Crippen LogP contribution < -0.4 is 5.32 Å². The lowest BCUT2D eigenvalue weighted by atomic mass is 10.0. The molecular formula is C13H12BrClFNS. The van der Waals surface area contributed by atoms with Gasteiger partial charge in [-0.15, -0.1) is 11.3 Å². The maximum Gasteiger partial charge on any atom is 0.124 e. The molecule has 1 nitrogen and oxygen atoms in total. The predicted octanol–water partition coefficient (Wildman–Crippen LogP) is 4.81. The maximum atomic E-state index is 13.1. The topological polar surface area (TPSA) is 12.0 Å². The van der Waals surface area contributed by atoms with E-state index in [1.165, 1.54) is 12.1 Å². The lowest BCUT2D eigenvalue weighted by molar-refractivity contribution is 0.586. The Morgan fingerprint density at radius 2 is 2.22 bits per heavy atom. The van der Waals surface area contributed by atoms with Crippen molar-refractivity contribution < 1.29 is 4.39 Å². The summed E-state index contributed by atoms with van der Waals surface area (Å²) >= 11 is 11.1. The Morgan fingerprint density at radius 1 is 1.44 bits per heavy atom. The molecule has 1 aromatic carbocycles. The van der Waals surface area contributed by atoms with Crippen molar-refractivity contribution in [2.75, 3.05) is 7.05 Å². The molecule has 96 valence electrons. The van der Waals surface area contributed by atoms with Crippen LogP contribution in [0.15, 0.2) is 34.1 Å². The first-order valence-corrected chi connectivity index (χ1v) is 7.51. The van der Waals surface area contributed by atoms with E-state index < -0.39 is 0 Å². The number of halogens is 3. The Hall–Kier alpha value is -0.420. The molecule has 0 saturated carbocycles. The molecule has 0 aliphatic heterocycles. The minimum atomic E-state index is -0.241. The van der Waals surface area contributed by atoms with Crippen molar-refractivity contribution >= 4 is 38.9 Å². The number of nitrogens with one attached hydrogen (secondary N) is 1. The Morgan fingerprint density at radius 3 is 2.78 bits per heavy atom. The number of likely N-dealkylation sites (N-methyl/N-ethyl adjacent to an activating group) is 1. The third kappa shape index (κ3) is 3.12. The fraction of sp³-hybridized carbons (Fsp3) is 0.231. The van der Waals surface area contributed by atoms with Gasteiger partial charge in [0.05, 0.1) is 5.02 Å². The monoisotopic (exact) mass is 347 g/mol. The van der Waals surface area contributed by atoms with E-state index in [0.29, 0.717) is 0 Å². The third-order valence-electron chi connectivity index (χ3n) is 2.77. The highest BCUT2D eigenvalue weighted by atomic mass is 79.9. The number of hydrogen-bond donors (Lipinski definition) is 1. The van der Waals surface area contributed by atoms with Gasteiger partial charge in [-0.1, -0.05) is 33.6 Å². The zero-order chi connectivity index (χ0) is 13.1. The molecule has 1 unspecified atom stereocenters. The summed E-state index contributed by atoms with van der Waals surface area (Å²) < 4.78 is 13.9. The Bertz CT molecular complexity index is 544. The molecule has 0 fully saturated rings. The van der Waals surface area contributed by atoms with Crippen LogP contribution >= 0.6 is 38.9 Å². The largest absolute Gasteiger partial charge is 0.313 e. The van der Waals surface area contributed by atoms with Crippen molar-refractivity contribution in [1.29, 1.82) is 0 Å². The maximum absolute atomic E-state index is 13.1. The molecule has 0 aliphatic carbocycles. The molecule has 1 N–H and O–H groups in total. The van der Waals surface area contributed by atoms with E-state index in [0.717, 1.165) is 26.4 Å². The van der Waals surface area contributed by atoms with E-state index in [4.69, 9.17) is 11.6 Å². The first-order valence-electron chi connectivity index (χ1n) is 5.46. The molecule has 0 saturated heterocycles. The van der Waals surface area contributed by atoms with Crippen molar-refractivity contribution in [2.24, 2.45) is 0 Å². The van der Waals surface area contributed by atoms with Gasteiger partial charge in [0.25, 0.3) is 0 Å². The standard InChI is InChI=1S/C13H12BrClFNS/c1-17-12(7-13-11(15)4-5-18-13)9-3-2-8(16)6-10(9)14/h2-6,12,17H,7H2,1H3. The van der Waals surface area contributed by atoms with Gasteiger partial charge >= 0.3 is 0 Å². The predicted molar refractivity (Wildman–Crippen MR) is 78.9 cm³/mol. The van der Waals surface area contributed by atoms with E-state index >= 15 is 0 Å². The molecule has 2 aromatic rings. The van der Waals surface area contributed by atoms with Crippen molar-refractivity contribution in [1.82, 2.24) is 5.32 Å². The normalized spacial score (nSPS) is 12.7. The number of benzene rings is 1.